The van der Waals surface area contributed by atoms with Gasteiger partial charge in [0, 0.05) is 15.7 Å². The average molecular weight is 503 g/mol. The summed E-state index contributed by atoms with van der Waals surface area (Å²) in [6.45, 7) is -0.672. The van der Waals surface area contributed by atoms with Gasteiger partial charge in [-0.05, 0) is 54.6 Å². The number of carbonyl (C=O) groups is 1. The van der Waals surface area contributed by atoms with E-state index in [1.807, 2.05) is 0 Å². The molecule has 0 atom stereocenters. The first-order valence-electron chi connectivity index (χ1n) is 8.98. The van der Waals surface area contributed by atoms with E-state index in [0.717, 1.165) is 28.6 Å². The Labute approximate surface area is 192 Å². The lowest BCUT2D eigenvalue weighted by Crippen LogP contribution is -2.38. The summed E-state index contributed by atoms with van der Waals surface area (Å²) in [5, 5.41) is 2.71. The Kier molecular flexibility index (Phi) is 7.02. The van der Waals surface area contributed by atoms with Crippen LogP contribution in [0.25, 0.3) is 0 Å². The maximum absolute atomic E-state index is 13.2. The molecule has 1 N–H and O–H groups in total. The minimum absolute atomic E-state index is 0.0499. The van der Waals surface area contributed by atoms with Gasteiger partial charge >= 0.3 is 6.18 Å². The lowest BCUT2D eigenvalue weighted by atomic mass is 10.2. The molecule has 0 spiro atoms. The third-order valence-electron chi connectivity index (χ3n) is 4.25. The number of hydrogen-bond donors (Lipinski definition) is 1. The molecule has 3 rings (SSSR count). The molecule has 0 unspecified atom stereocenters. The molecule has 0 radical (unpaired) electrons. The lowest BCUT2D eigenvalue weighted by Gasteiger charge is -2.24. The number of benzene rings is 3. The maximum Gasteiger partial charge on any atom is 0.416 e. The fourth-order valence-electron chi connectivity index (χ4n) is 2.79. The van der Waals surface area contributed by atoms with E-state index in [9.17, 15) is 26.4 Å². The second kappa shape index (κ2) is 9.40. The Morgan fingerprint density at radius 3 is 2.00 bits per heavy atom. The van der Waals surface area contributed by atoms with E-state index in [2.05, 4.69) is 5.32 Å². The number of rotatable bonds is 6. The predicted molar refractivity (Wildman–Crippen MR) is 118 cm³/mol. The van der Waals surface area contributed by atoms with Crippen molar-refractivity contribution in [2.75, 3.05) is 16.2 Å². The highest BCUT2D eigenvalue weighted by atomic mass is 35.5. The van der Waals surface area contributed by atoms with Gasteiger partial charge in [-0.25, -0.2) is 8.42 Å². The molecule has 5 nitrogen and oxygen atoms in total. The smallest absolute Gasteiger partial charge is 0.325 e. The van der Waals surface area contributed by atoms with Crippen molar-refractivity contribution in [3.63, 3.8) is 0 Å². The van der Waals surface area contributed by atoms with Crippen LogP contribution in [0.15, 0.2) is 77.7 Å². The van der Waals surface area contributed by atoms with Crippen LogP contribution in [0.1, 0.15) is 5.56 Å². The van der Waals surface area contributed by atoms with Crippen molar-refractivity contribution in [3.05, 3.63) is 88.4 Å². The zero-order chi connectivity index (χ0) is 23.5. The predicted octanol–water partition coefficient (Wildman–Crippen LogP) is 5.85. The second-order valence-corrected chi connectivity index (χ2v) is 9.31. The Balaban J connectivity index is 1.91. The molecule has 11 heteroatoms. The molecule has 0 bridgehead atoms. The SMILES string of the molecule is O=C(CN(c1cc(Cl)cc(Cl)c1)S(=O)(=O)c1ccccc1)Nc1ccc(C(F)(F)F)cc1. The van der Waals surface area contributed by atoms with E-state index >= 15 is 0 Å². The molecule has 0 aliphatic carbocycles. The van der Waals surface area contributed by atoms with Crippen LogP contribution in [0.4, 0.5) is 24.5 Å². The van der Waals surface area contributed by atoms with E-state index < -0.39 is 34.2 Å². The van der Waals surface area contributed by atoms with Gasteiger partial charge in [-0.2, -0.15) is 13.2 Å². The number of nitrogens with zero attached hydrogens (tertiary/aromatic N) is 1. The first-order chi connectivity index (χ1) is 15.0. The van der Waals surface area contributed by atoms with Gasteiger partial charge in [0.05, 0.1) is 16.1 Å². The first-order valence-corrected chi connectivity index (χ1v) is 11.2. The van der Waals surface area contributed by atoms with Crippen molar-refractivity contribution in [2.24, 2.45) is 0 Å². The quantitative estimate of drug-likeness (QED) is 0.459. The fourth-order valence-corrected chi connectivity index (χ4v) is 4.73. The fraction of sp³-hybridized carbons (Fsp3) is 0.0952. The van der Waals surface area contributed by atoms with Gasteiger partial charge in [-0.1, -0.05) is 41.4 Å². The molecular formula is C21H15Cl2F3N2O3S. The first kappa shape index (κ1) is 23.9. The van der Waals surface area contributed by atoms with Crippen LogP contribution in [-0.4, -0.2) is 20.9 Å². The molecule has 32 heavy (non-hydrogen) atoms. The molecule has 0 aliphatic rings. The highest BCUT2D eigenvalue weighted by Crippen LogP contribution is 2.31. The van der Waals surface area contributed by atoms with Crippen LogP contribution in [0, 0.1) is 0 Å². The Morgan fingerprint density at radius 1 is 0.906 bits per heavy atom. The standard InChI is InChI=1S/C21H15Cl2F3N2O3S/c22-15-10-16(23)12-18(11-15)28(32(30,31)19-4-2-1-3-5-19)13-20(29)27-17-8-6-14(7-9-17)21(24,25)26/h1-12H,13H2,(H,27,29). The van der Waals surface area contributed by atoms with Crippen molar-refractivity contribution in [3.8, 4) is 0 Å². The molecule has 0 fully saturated rings. The number of sulfonamides is 1. The third-order valence-corrected chi connectivity index (χ3v) is 6.47. The van der Waals surface area contributed by atoms with E-state index in [1.165, 1.54) is 42.5 Å². The Hall–Kier alpha value is -2.75. The molecule has 0 aromatic heterocycles. The van der Waals surface area contributed by atoms with Crippen LogP contribution in [-0.2, 0) is 21.0 Å². The molecule has 0 saturated carbocycles. The second-order valence-electron chi connectivity index (χ2n) is 6.58. The van der Waals surface area contributed by atoms with Gasteiger partial charge in [0.1, 0.15) is 6.54 Å². The summed E-state index contributed by atoms with van der Waals surface area (Å²) >= 11 is 12.0. The van der Waals surface area contributed by atoms with Gasteiger partial charge in [0.15, 0.2) is 0 Å². The summed E-state index contributed by atoms with van der Waals surface area (Å²) in [6.07, 6.45) is -4.52. The largest absolute Gasteiger partial charge is 0.416 e. The molecule has 0 aliphatic heterocycles. The monoisotopic (exact) mass is 502 g/mol. The number of anilines is 2. The number of alkyl halides is 3. The molecule has 0 heterocycles. The minimum Gasteiger partial charge on any atom is -0.325 e. The van der Waals surface area contributed by atoms with Crippen molar-refractivity contribution in [1.29, 1.82) is 0 Å². The van der Waals surface area contributed by atoms with E-state index in [-0.39, 0.29) is 26.3 Å². The summed E-state index contributed by atoms with van der Waals surface area (Å²) < 4.78 is 65.4. The number of halogens is 5. The highest BCUT2D eigenvalue weighted by molar-refractivity contribution is 7.92. The topological polar surface area (TPSA) is 66.5 Å². The van der Waals surface area contributed by atoms with Gasteiger partial charge in [0.25, 0.3) is 10.0 Å². The highest BCUT2D eigenvalue weighted by Gasteiger charge is 2.30. The molecule has 1 amide bonds. The van der Waals surface area contributed by atoms with Gasteiger partial charge in [-0.3, -0.25) is 9.10 Å². The maximum atomic E-state index is 13.2. The Morgan fingerprint density at radius 2 is 1.47 bits per heavy atom. The van der Waals surface area contributed by atoms with E-state index in [1.54, 1.807) is 6.07 Å². The zero-order valence-corrected chi connectivity index (χ0v) is 18.4. The molecule has 3 aromatic rings. The number of amides is 1. The Bertz CT molecular complexity index is 1200. The van der Waals surface area contributed by atoms with Crippen LogP contribution in [0.2, 0.25) is 10.0 Å². The van der Waals surface area contributed by atoms with Crippen LogP contribution in [0.5, 0.6) is 0 Å². The van der Waals surface area contributed by atoms with Gasteiger partial charge in [0.2, 0.25) is 5.91 Å². The number of carbonyl (C=O) groups excluding carboxylic acids is 1. The van der Waals surface area contributed by atoms with Crippen molar-refractivity contribution < 1.29 is 26.4 Å². The van der Waals surface area contributed by atoms with E-state index in [0.29, 0.717) is 0 Å². The molecular weight excluding hydrogens is 488 g/mol. The summed E-state index contributed by atoms with van der Waals surface area (Å²) in [5.74, 6) is -0.777. The molecule has 168 valence electrons. The normalized spacial score (nSPS) is 11.8. The lowest BCUT2D eigenvalue weighted by molar-refractivity contribution is -0.137. The summed E-state index contributed by atoms with van der Waals surface area (Å²) in [7, 11) is -4.19. The van der Waals surface area contributed by atoms with Crippen LogP contribution < -0.4 is 9.62 Å². The van der Waals surface area contributed by atoms with Crippen molar-refractivity contribution in [1.82, 2.24) is 0 Å². The summed E-state index contributed by atoms with van der Waals surface area (Å²) in [4.78, 5) is 12.5. The third kappa shape index (κ3) is 5.73. The van der Waals surface area contributed by atoms with E-state index in [4.69, 9.17) is 23.2 Å². The van der Waals surface area contributed by atoms with Crippen LogP contribution in [0.3, 0.4) is 0 Å². The summed E-state index contributed by atoms with van der Waals surface area (Å²) in [5.41, 5.74) is -0.754. The average Bonchev–Trinajstić information content (AvgIpc) is 2.71. The summed E-state index contributed by atoms with van der Waals surface area (Å²) in [6, 6.07) is 15.3. The van der Waals surface area contributed by atoms with Crippen molar-refractivity contribution in [2.45, 2.75) is 11.1 Å². The molecule has 3 aromatic carbocycles. The minimum atomic E-state index is -4.52. The number of nitrogens with one attached hydrogen (secondary N) is 1. The van der Waals surface area contributed by atoms with Crippen LogP contribution >= 0.6 is 23.2 Å². The molecule has 0 saturated heterocycles. The zero-order valence-electron chi connectivity index (χ0n) is 16.1. The van der Waals surface area contributed by atoms with Gasteiger partial charge in [-0.15, -0.1) is 0 Å². The number of hydrogen-bond acceptors (Lipinski definition) is 3. The van der Waals surface area contributed by atoms with Crippen molar-refractivity contribution >= 4 is 50.5 Å². The van der Waals surface area contributed by atoms with Gasteiger partial charge < -0.3 is 5.32 Å².